The summed E-state index contributed by atoms with van der Waals surface area (Å²) in [6.07, 6.45) is 11.4. The molecule has 2 aliphatic carbocycles. The van der Waals surface area contributed by atoms with Gasteiger partial charge in [-0.05, 0) is 129 Å². The number of aromatic amines is 1. The quantitative estimate of drug-likeness (QED) is 0.192. The number of amides is 3. The molecule has 308 valence electrons. The fourth-order valence-corrected chi connectivity index (χ4v) is 10.1. The Bertz CT molecular complexity index is 2340. The number of alkyl carbamates (subject to hydrolysis) is 1. The molecule has 0 unspecified atom stereocenters. The van der Waals surface area contributed by atoms with Crippen molar-refractivity contribution >= 4 is 40.2 Å². The zero-order chi connectivity index (χ0) is 40.8. The average Bonchev–Trinajstić information content (AvgIpc) is 4.08. The average molecular weight is 797 g/mol. The molecule has 1 saturated carbocycles. The number of carbonyl (C=O) groups is 3. The van der Waals surface area contributed by atoms with Gasteiger partial charge in [-0.15, -0.1) is 0 Å². The lowest BCUT2D eigenvalue weighted by atomic mass is 9.85. The Morgan fingerprint density at radius 2 is 1.56 bits per heavy atom. The van der Waals surface area contributed by atoms with E-state index in [2.05, 4.69) is 64.9 Å². The van der Waals surface area contributed by atoms with Gasteiger partial charge in [0.05, 0.1) is 25.0 Å². The van der Waals surface area contributed by atoms with Gasteiger partial charge in [0.25, 0.3) is 0 Å². The number of nitrogens with zero attached hydrogens (tertiary/aromatic N) is 4. The van der Waals surface area contributed by atoms with Crippen molar-refractivity contribution in [2.24, 2.45) is 10.9 Å². The Kier molecular flexibility index (Phi) is 10.6. The number of rotatable bonds is 7. The minimum absolute atomic E-state index is 0.104. The number of hydrogen-bond donors (Lipinski definition) is 2. The van der Waals surface area contributed by atoms with Crippen molar-refractivity contribution in [3.8, 4) is 22.4 Å². The van der Waals surface area contributed by atoms with Crippen molar-refractivity contribution < 1.29 is 23.9 Å². The number of H-pyrrole nitrogens is 1. The molecule has 3 aromatic carbocycles. The SMILES string of the molecule is COC(=O)N[C@H](C(=O)N1CCC[C@H]1C1=NC2=C(C1)c1ccc(-c3ccc4cc(-c5cnc(C6CCCC6)[nH]5)ccc4c3)cc1CC2)C1CCN(C(=O)OC(C)(C)C)CC1. The van der Waals surface area contributed by atoms with E-state index in [1.165, 1.54) is 71.4 Å². The molecule has 3 fully saturated rings. The molecule has 2 N–H and O–H groups in total. The molecule has 4 heterocycles. The normalized spacial score (nSPS) is 20.4. The first-order chi connectivity index (χ1) is 28.5. The molecule has 1 aromatic heterocycles. The highest BCUT2D eigenvalue weighted by molar-refractivity contribution is 6.05. The van der Waals surface area contributed by atoms with Crippen LogP contribution in [0, 0.1) is 5.92 Å². The molecule has 59 heavy (non-hydrogen) atoms. The van der Waals surface area contributed by atoms with E-state index in [1.54, 1.807) is 4.90 Å². The van der Waals surface area contributed by atoms with E-state index in [9.17, 15) is 14.4 Å². The number of imidazole rings is 1. The molecular formula is C48H56N6O5. The first-order valence-electron chi connectivity index (χ1n) is 21.7. The highest BCUT2D eigenvalue weighted by atomic mass is 16.6. The lowest BCUT2D eigenvalue weighted by molar-refractivity contribution is -0.135. The highest BCUT2D eigenvalue weighted by Gasteiger charge is 2.42. The number of methoxy groups -OCH3 is 1. The summed E-state index contributed by atoms with van der Waals surface area (Å²) >= 11 is 0. The summed E-state index contributed by atoms with van der Waals surface area (Å²) in [5.74, 6) is 1.45. The maximum Gasteiger partial charge on any atom is 0.410 e. The number of aliphatic imine (C=N–C) groups is 1. The van der Waals surface area contributed by atoms with Crippen LogP contribution in [0.15, 0.2) is 71.5 Å². The lowest BCUT2D eigenvalue weighted by Gasteiger charge is -2.38. The standard InChI is InChI=1S/C48H56N6O5/c1-48(2,3)59-47(57)53-22-19-29(20-23-53)43(52-46(56)58-4)45(55)54-21-7-10-42(54)40-27-38-37-17-15-34(25-35(37)16-18-39(38)50-40)31-11-12-33-26-36(14-13-32(33)24-31)41-28-49-44(51-41)30-8-5-6-9-30/h11-15,17,24-26,28-30,42-43H,5-10,16,18-23,27H2,1-4H3,(H,49,51)(H,52,56)/t42-,43-/m0/s1. The third kappa shape index (κ3) is 8.00. The molecule has 2 atom stereocenters. The molecule has 11 heteroatoms. The second-order valence-electron chi connectivity index (χ2n) is 18.1. The van der Waals surface area contributed by atoms with E-state index in [-0.39, 0.29) is 24.0 Å². The second kappa shape index (κ2) is 16.0. The maximum atomic E-state index is 14.4. The van der Waals surface area contributed by atoms with E-state index >= 15 is 0 Å². The number of nitrogens with one attached hydrogen (secondary N) is 2. The number of hydrogen-bond acceptors (Lipinski definition) is 7. The van der Waals surface area contributed by atoms with Gasteiger partial charge in [-0.25, -0.2) is 14.6 Å². The van der Waals surface area contributed by atoms with Crippen LogP contribution in [0.2, 0.25) is 0 Å². The predicted molar refractivity (Wildman–Crippen MR) is 230 cm³/mol. The number of fused-ring (bicyclic) bond motifs is 3. The molecular weight excluding hydrogens is 741 g/mol. The van der Waals surface area contributed by atoms with E-state index in [0.717, 1.165) is 60.6 Å². The largest absolute Gasteiger partial charge is 0.453 e. The van der Waals surface area contributed by atoms with Crippen molar-refractivity contribution in [2.45, 2.75) is 115 Å². The van der Waals surface area contributed by atoms with Crippen LogP contribution in [0.5, 0.6) is 0 Å². The van der Waals surface area contributed by atoms with Gasteiger partial charge in [-0.3, -0.25) is 9.79 Å². The Morgan fingerprint density at radius 3 is 2.31 bits per heavy atom. The fourth-order valence-electron chi connectivity index (χ4n) is 10.1. The number of benzene rings is 3. The number of ether oxygens (including phenoxy) is 2. The summed E-state index contributed by atoms with van der Waals surface area (Å²) in [7, 11) is 1.32. The third-order valence-electron chi connectivity index (χ3n) is 13.2. The third-order valence-corrected chi connectivity index (χ3v) is 13.2. The van der Waals surface area contributed by atoms with Crippen LogP contribution in [0.3, 0.4) is 0 Å². The summed E-state index contributed by atoms with van der Waals surface area (Å²) in [5, 5.41) is 5.30. The number of allylic oxidation sites excluding steroid dienone is 2. The monoisotopic (exact) mass is 796 g/mol. The molecule has 4 aromatic rings. The molecule has 0 bridgehead atoms. The Labute approximate surface area is 346 Å². The molecule has 9 rings (SSSR count). The maximum absolute atomic E-state index is 14.4. The van der Waals surface area contributed by atoms with Gasteiger partial charge in [-0.1, -0.05) is 55.3 Å². The Balaban J connectivity index is 0.873. The van der Waals surface area contributed by atoms with Gasteiger partial charge >= 0.3 is 12.2 Å². The van der Waals surface area contributed by atoms with Crippen LogP contribution in [-0.2, 0) is 20.7 Å². The van der Waals surface area contributed by atoms with Crippen LogP contribution < -0.4 is 5.32 Å². The summed E-state index contributed by atoms with van der Waals surface area (Å²) in [5.41, 5.74) is 10.1. The molecule has 11 nitrogen and oxygen atoms in total. The topological polar surface area (TPSA) is 129 Å². The predicted octanol–water partition coefficient (Wildman–Crippen LogP) is 9.42. The molecule has 0 radical (unpaired) electrons. The summed E-state index contributed by atoms with van der Waals surface area (Å²) in [6, 6.07) is 19.4. The molecule has 3 aliphatic heterocycles. The number of carbonyl (C=O) groups excluding carboxylic acids is 3. The summed E-state index contributed by atoms with van der Waals surface area (Å²) < 4.78 is 10.6. The smallest absolute Gasteiger partial charge is 0.410 e. The van der Waals surface area contributed by atoms with Crippen LogP contribution >= 0.6 is 0 Å². The fraction of sp³-hybridized carbons (Fsp3) is 0.479. The van der Waals surface area contributed by atoms with Gasteiger partial charge < -0.3 is 29.6 Å². The molecule has 2 saturated heterocycles. The second-order valence-corrected chi connectivity index (χ2v) is 18.1. The zero-order valence-electron chi connectivity index (χ0n) is 34.8. The van der Waals surface area contributed by atoms with Crippen molar-refractivity contribution in [3.63, 3.8) is 0 Å². The van der Waals surface area contributed by atoms with E-state index in [1.807, 2.05) is 31.9 Å². The minimum atomic E-state index is -0.754. The molecule has 3 amide bonds. The Hall–Kier alpha value is -5.45. The van der Waals surface area contributed by atoms with Crippen molar-refractivity contribution in [1.29, 1.82) is 0 Å². The highest BCUT2D eigenvalue weighted by Crippen LogP contribution is 2.42. The van der Waals surface area contributed by atoms with Crippen molar-refractivity contribution in [1.82, 2.24) is 25.1 Å². The summed E-state index contributed by atoms with van der Waals surface area (Å²) in [4.78, 5) is 57.0. The number of piperidine rings is 1. The van der Waals surface area contributed by atoms with Crippen LogP contribution in [0.25, 0.3) is 38.7 Å². The van der Waals surface area contributed by atoms with Gasteiger partial charge in [0.1, 0.15) is 17.5 Å². The lowest BCUT2D eigenvalue weighted by Crippen LogP contribution is -2.56. The van der Waals surface area contributed by atoms with Crippen LogP contribution in [0.1, 0.15) is 108 Å². The van der Waals surface area contributed by atoms with E-state index in [0.29, 0.717) is 38.4 Å². The van der Waals surface area contributed by atoms with Crippen LogP contribution in [-0.4, -0.2) is 88.0 Å². The van der Waals surface area contributed by atoms with Gasteiger partial charge in [0.15, 0.2) is 0 Å². The van der Waals surface area contributed by atoms with E-state index < -0.39 is 17.7 Å². The van der Waals surface area contributed by atoms with Crippen LogP contribution in [0.4, 0.5) is 9.59 Å². The van der Waals surface area contributed by atoms with Gasteiger partial charge in [0.2, 0.25) is 5.91 Å². The number of aryl methyl sites for hydroxylation is 1. The first-order valence-corrected chi connectivity index (χ1v) is 21.7. The van der Waals surface area contributed by atoms with Crippen molar-refractivity contribution in [2.75, 3.05) is 26.7 Å². The van der Waals surface area contributed by atoms with E-state index in [4.69, 9.17) is 19.5 Å². The molecule has 0 spiro atoms. The molecule has 5 aliphatic rings. The minimum Gasteiger partial charge on any atom is -0.453 e. The Morgan fingerprint density at radius 1 is 0.847 bits per heavy atom. The first kappa shape index (κ1) is 39.0. The van der Waals surface area contributed by atoms with Gasteiger partial charge in [0, 0.05) is 48.9 Å². The zero-order valence-corrected chi connectivity index (χ0v) is 34.8. The summed E-state index contributed by atoms with van der Waals surface area (Å²) in [6.45, 7) is 7.07. The number of aromatic nitrogens is 2. The van der Waals surface area contributed by atoms with Gasteiger partial charge in [-0.2, -0.15) is 0 Å². The number of likely N-dealkylation sites (tertiary alicyclic amines) is 2. The van der Waals surface area contributed by atoms with Crippen molar-refractivity contribution in [3.05, 3.63) is 83.4 Å².